The number of rotatable bonds is 5. The number of hydrogen-bond donors (Lipinski definition) is 1. The van der Waals surface area contributed by atoms with Gasteiger partial charge in [-0.3, -0.25) is 9.69 Å². The number of amides is 2. The Kier molecular flexibility index (Phi) is 5.88. The first-order valence-corrected chi connectivity index (χ1v) is 12.2. The molecule has 37 heavy (non-hydrogen) atoms. The molecule has 0 aromatic carbocycles. The van der Waals surface area contributed by atoms with Crippen LogP contribution in [0.15, 0.2) is 36.8 Å². The zero-order chi connectivity index (χ0) is 26.6. The number of alkyl halides is 1. The van der Waals surface area contributed by atoms with Gasteiger partial charge < -0.3 is 14.6 Å². The number of nitrogens with one attached hydrogen (secondary N) is 1. The van der Waals surface area contributed by atoms with E-state index in [0.29, 0.717) is 11.5 Å². The summed E-state index contributed by atoms with van der Waals surface area (Å²) >= 11 is 0. The van der Waals surface area contributed by atoms with Crippen molar-refractivity contribution in [2.75, 3.05) is 11.9 Å². The first kappa shape index (κ1) is 24.7. The minimum atomic E-state index is -1.04. The molecule has 4 heterocycles. The van der Waals surface area contributed by atoms with Crippen molar-refractivity contribution in [2.45, 2.75) is 64.9 Å². The van der Waals surface area contributed by atoms with Crippen LogP contribution in [0.1, 0.15) is 57.4 Å². The van der Waals surface area contributed by atoms with E-state index in [2.05, 4.69) is 29.2 Å². The molecule has 5 rings (SSSR count). The Hall–Kier alpha value is -4.02. The molecule has 4 aromatic rings. The number of pyridine rings is 1. The van der Waals surface area contributed by atoms with E-state index in [1.807, 2.05) is 22.9 Å². The molecule has 194 valence electrons. The molecule has 11 heteroatoms. The van der Waals surface area contributed by atoms with Gasteiger partial charge in [-0.1, -0.05) is 0 Å². The normalized spacial score (nSPS) is 17.4. The number of fused-ring (bicyclic) bond motifs is 2. The maximum Gasteiger partial charge on any atom is 0.415 e. The SMILES string of the molecule is CC(C)n1cc(-c2cc(N(C)C(=O)OC(C)(C)C)n3ncc(C(=O)N[C@@H]4C[C@@H]4F)c3n2)c2cccnc21. The Labute approximate surface area is 213 Å². The largest absolute Gasteiger partial charge is 0.443 e. The van der Waals surface area contributed by atoms with Crippen LogP contribution in [0, 0.1) is 0 Å². The van der Waals surface area contributed by atoms with Gasteiger partial charge in [0.25, 0.3) is 5.91 Å². The van der Waals surface area contributed by atoms with Crippen molar-refractivity contribution in [1.82, 2.24) is 29.5 Å². The molecule has 0 bridgehead atoms. The number of halogens is 1. The van der Waals surface area contributed by atoms with Crippen molar-refractivity contribution < 1.29 is 18.7 Å². The van der Waals surface area contributed by atoms with Gasteiger partial charge in [-0.25, -0.2) is 19.2 Å². The van der Waals surface area contributed by atoms with Crippen molar-refractivity contribution in [3.05, 3.63) is 42.4 Å². The minimum Gasteiger partial charge on any atom is -0.443 e. The average molecular weight is 508 g/mol. The zero-order valence-electron chi connectivity index (χ0n) is 21.7. The molecule has 0 aliphatic heterocycles. The number of nitrogens with zero attached hydrogens (tertiary/aromatic N) is 6. The van der Waals surface area contributed by atoms with E-state index in [9.17, 15) is 14.0 Å². The van der Waals surface area contributed by atoms with Crippen molar-refractivity contribution in [3.63, 3.8) is 0 Å². The smallest absolute Gasteiger partial charge is 0.415 e. The topological polar surface area (TPSA) is 107 Å². The first-order valence-electron chi connectivity index (χ1n) is 12.2. The summed E-state index contributed by atoms with van der Waals surface area (Å²) in [5.74, 6) is -0.112. The summed E-state index contributed by atoms with van der Waals surface area (Å²) < 4.78 is 22.5. The van der Waals surface area contributed by atoms with E-state index in [4.69, 9.17) is 9.72 Å². The fourth-order valence-corrected chi connectivity index (χ4v) is 4.15. The summed E-state index contributed by atoms with van der Waals surface area (Å²) in [7, 11) is 1.57. The second-order valence-electron chi connectivity index (χ2n) is 10.6. The van der Waals surface area contributed by atoms with E-state index in [-0.39, 0.29) is 23.7 Å². The standard InChI is InChI=1S/C26H30FN7O3/c1-14(2)33-13-17(15-8-7-9-28-22(15)33)19-11-21(32(6)25(36)37-26(3,4)5)34-23(30-19)16(12-29-34)24(35)31-20-10-18(20)27/h7-9,11-14,18,20H,10H2,1-6H3,(H,31,35)/t18-,20+/m0/s1. The highest BCUT2D eigenvalue weighted by molar-refractivity contribution is 6.01. The molecule has 0 saturated heterocycles. The van der Waals surface area contributed by atoms with Gasteiger partial charge >= 0.3 is 6.09 Å². The molecule has 1 N–H and O–H groups in total. The average Bonchev–Trinajstić information content (AvgIpc) is 3.22. The summed E-state index contributed by atoms with van der Waals surface area (Å²) in [6.45, 7) is 9.47. The van der Waals surface area contributed by atoms with Crippen LogP contribution in [-0.4, -0.2) is 61.0 Å². The van der Waals surface area contributed by atoms with Gasteiger partial charge in [-0.2, -0.15) is 9.61 Å². The van der Waals surface area contributed by atoms with E-state index >= 15 is 0 Å². The number of carbonyl (C=O) groups excluding carboxylic acids is 2. The molecule has 0 radical (unpaired) electrons. The van der Waals surface area contributed by atoms with Crippen LogP contribution in [0.4, 0.5) is 15.0 Å². The number of anilines is 1. The minimum absolute atomic E-state index is 0.141. The van der Waals surface area contributed by atoms with E-state index in [1.54, 1.807) is 40.1 Å². The van der Waals surface area contributed by atoms with E-state index in [1.165, 1.54) is 15.6 Å². The maximum atomic E-state index is 13.5. The van der Waals surface area contributed by atoms with Crippen LogP contribution in [0.2, 0.25) is 0 Å². The molecule has 2 atom stereocenters. The number of aromatic nitrogens is 5. The summed E-state index contributed by atoms with van der Waals surface area (Å²) in [6.07, 6.45) is 3.74. The third-order valence-electron chi connectivity index (χ3n) is 6.16. The van der Waals surface area contributed by atoms with Crippen LogP contribution < -0.4 is 10.2 Å². The predicted molar refractivity (Wildman–Crippen MR) is 138 cm³/mol. The summed E-state index contributed by atoms with van der Waals surface area (Å²) in [6, 6.07) is 5.17. The lowest BCUT2D eigenvalue weighted by Crippen LogP contribution is -2.35. The Balaban J connectivity index is 1.69. The van der Waals surface area contributed by atoms with E-state index in [0.717, 1.165) is 16.6 Å². The van der Waals surface area contributed by atoms with Crippen LogP contribution in [0.25, 0.3) is 27.9 Å². The highest BCUT2D eigenvalue weighted by atomic mass is 19.1. The van der Waals surface area contributed by atoms with Crippen LogP contribution in [-0.2, 0) is 4.74 Å². The van der Waals surface area contributed by atoms with Gasteiger partial charge in [-0.05, 0) is 46.8 Å². The molecular weight excluding hydrogens is 477 g/mol. The molecule has 4 aromatic heterocycles. The zero-order valence-corrected chi connectivity index (χ0v) is 21.7. The number of ether oxygens (including phenoxy) is 1. The second kappa shape index (κ2) is 8.82. The third-order valence-corrected chi connectivity index (χ3v) is 6.16. The Morgan fingerprint density at radius 2 is 2.00 bits per heavy atom. The second-order valence-corrected chi connectivity index (χ2v) is 10.6. The molecule has 1 fully saturated rings. The van der Waals surface area contributed by atoms with Gasteiger partial charge in [0, 0.05) is 48.9 Å². The molecule has 1 saturated carbocycles. The highest BCUT2D eigenvalue weighted by Crippen LogP contribution is 2.34. The first-order chi connectivity index (χ1) is 17.4. The number of carbonyl (C=O) groups is 2. The molecule has 1 aliphatic carbocycles. The van der Waals surface area contributed by atoms with Crippen LogP contribution >= 0.6 is 0 Å². The molecule has 0 spiro atoms. The fraction of sp³-hybridized carbons (Fsp3) is 0.423. The quantitative estimate of drug-likeness (QED) is 0.425. The summed E-state index contributed by atoms with van der Waals surface area (Å²) in [5.41, 5.74) is 1.83. The van der Waals surface area contributed by atoms with Crippen LogP contribution in [0.3, 0.4) is 0 Å². The van der Waals surface area contributed by atoms with Crippen molar-refractivity contribution >= 4 is 34.5 Å². The lowest BCUT2D eigenvalue weighted by atomic mass is 10.1. The Morgan fingerprint density at radius 3 is 2.65 bits per heavy atom. The highest BCUT2D eigenvalue weighted by Gasteiger charge is 2.39. The van der Waals surface area contributed by atoms with Gasteiger partial charge in [0.2, 0.25) is 0 Å². The van der Waals surface area contributed by atoms with Crippen molar-refractivity contribution in [3.8, 4) is 11.3 Å². The fourth-order valence-electron chi connectivity index (χ4n) is 4.15. The Morgan fingerprint density at radius 1 is 1.27 bits per heavy atom. The monoisotopic (exact) mass is 507 g/mol. The molecule has 0 unspecified atom stereocenters. The third kappa shape index (κ3) is 4.61. The van der Waals surface area contributed by atoms with Gasteiger partial charge in [0.1, 0.15) is 28.8 Å². The number of hydrogen-bond acceptors (Lipinski definition) is 6. The lowest BCUT2D eigenvalue weighted by Gasteiger charge is -2.25. The molecule has 1 aliphatic rings. The van der Waals surface area contributed by atoms with Crippen molar-refractivity contribution in [2.24, 2.45) is 0 Å². The predicted octanol–water partition coefficient (Wildman–Crippen LogP) is 4.54. The van der Waals surface area contributed by atoms with Crippen LogP contribution in [0.5, 0.6) is 0 Å². The molecule has 10 nitrogen and oxygen atoms in total. The summed E-state index contributed by atoms with van der Waals surface area (Å²) in [4.78, 5) is 36.7. The summed E-state index contributed by atoms with van der Waals surface area (Å²) in [5, 5.41) is 7.91. The van der Waals surface area contributed by atoms with Gasteiger partial charge in [0.15, 0.2) is 5.65 Å². The van der Waals surface area contributed by atoms with Gasteiger partial charge in [0.05, 0.1) is 17.9 Å². The Bertz CT molecular complexity index is 1520. The molecule has 2 amide bonds. The lowest BCUT2D eigenvalue weighted by molar-refractivity contribution is 0.0587. The van der Waals surface area contributed by atoms with Crippen molar-refractivity contribution in [1.29, 1.82) is 0 Å². The van der Waals surface area contributed by atoms with Gasteiger partial charge in [-0.15, -0.1) is 0 Å². The molecular formula is C26H30FN7O3. The van der Waals surface area contributed by atoms with E-state index < -0.39 is 29.8 Å². The maximum absolute atomic E-state index is 13.5.